The standard InChI is InChI=1S/C25H29NO6.C10H17N/c1-17(2)15-22(25(30)31)32-23(28)14-13-21(27)20(16-18-9-5-3-6-10-18)26-24(29)19-11-7-4-8-12-19;11-10-4-7-1-8(5-10)3-9(2-7)6-10/h3-12,17,20,22H,13-16H2,1-2H3,(H,26,29)(H,30,31);7-9H,1-6,11H2/t20-,22-;/m0./s1. The first-order valence-electron chi connectivity index (χ1n) is 15.6. The quantitative estimate of drug-likeness (QED) is 0.284. The molecule has 0 saturated heterocycles. The molecule has 2 atom stereocenters. The Kier molecular flexibility index (Phi) is 11.1. The molecule has 0 unspecified atom stereocenters. The lowest BCUT2D eigenvalue weighted by molar-refractivity contribution is -0.165. The van der Waals surface area contributed by atoms with Crippen LogP contribution in [0.5, 0.6) is 0 Å². The van der Waals surface area contributed by atoms with E-state index in [0.29, 0.717) is 11.1 Å². The highest BCUT2D eigenvalue weighted by atomic mass is 16.6. The van der Waals surface area contributed by atoms with Crippen LogP contribution in [0.1, 0.15) is 87.6 Å². The van der Waals surface area contributed by atoms with Gasteiger partial charge in [0.05, 0.1) is 12.5 Å². The minimum atomic E-state index is -1.24. The third kappa shape index (κ3) is 9.75. The van der Waals surface area contributed by atoms with Crippen molar-refractivity contribution in [1.82, 2.24) is 5.32 Å². The van der Waals surface area contributed by atoms with Gasteiger partial charge in [0.1, 0.15) is 0 Å². The zero-order valence-electron chi connectivity index (χ0n) is 25.4. The lowest BCUT2D eigenvalue weighted by Crippen LogP contribution is -2.55. The second-order valence-electron chi connectivity index (χ2n) is 13.3. The number of hydrogen-bond donors (Lipinski definition) is 3. The van der Waals surface area contributed by atoms with Gasteiger partial charge in [0.25, 0.3) is 5.91 Å². The van der Waals surface area contributed by atoms with Gasteiger partial charge in [-0.25, -0.2) is 4.79 Å². The second-order valence-corrected chi connectivity index (χ2v) is 13.3. The van der Waals surface area contributed by atoms with E-state index in [4.69, 9.17) is 10.5 Å². The molecule has 8 heteroatoms. The Hall–Kier alpha value is -3.52. The van der Waals surface area contributed by atoms with Crippen molar-refractivity contribution in [3.05, 3.63) is 71.8 Å². The van der Waals surface area contributed by atoms with Crippen molar-refractivity contribution in [3.63, 3.8) is 0 Å². The molecule has 0 spiro atoms. The molecular formula is C35H46N2O6. The maximum Gasteiger partial charge on any atom is 0.345 e. The Morgan fingerprint density at radius 2 is 1.42 bits per heavy atom. The fraction of sp³-hybridized carbons (Fsp3) is 0.543. The van der Waals surface area contributed by atoms with Crippen LogP contribution < -0.4 is 11.1 Å². The Morgan fingerprint density at radius 1 is 0.884 bits per heavy atom. The molecule has 0 aliphatic heterocycles. The number of aliphatic carboxylic acids is 1. The number of Topliss-reactive ketones (excluding diaryl/α,β-unsaturated/α-hetero) is 1. The maximum atomic E-state index is 12.9. The van der Waals surface area contributed by atoms with Gasteiger partial charge >= 0.3 is 11.9 Å². The van der Waals surface area contributed by atoms with E-state index in [1.807, 2.05) is 44.2 Å². The van der Waals surface area contributed by atoms with Gasteiger partial charge in [-0.1, -0.05) is 62.4 Å². The normalized spacial score (nSPS) is 24.8. The van der Waals surface area contributed by atoms with E-state index >= 15 is 0 Å². The average molecular weight is 591 g/mol. The van der Waals surface area contributed by atoms with Crippen molar-refractivity contribution in [2.24, 2.45) is 29.4 Å². The third-order valence-electron chi connectivity index (χ3n) is 8.91. The summed E-state index contributed by atoms with van der Waals surface area (Å²) in [6.45, 7) is 3.66. The first-order valence-corrected chi connectivity index (χ1v) is 15.6. The van der Waals surface area contributed by atoms with E-state index < -0.39 is 24.1 Å². The van der Waals surface area contributed by atoms with Gasteiger partial charge in [-0.2, -0.15) is 0 Å². The van der Waals surface area contributed by atoms with Gasteiger partial charge in [0.2, 0.25) is 0 Å². The highest BCUT2D eigenvalue weighted by Gasteiger charge is 2.48. The van der Waals surface area contributed by atoms with Crippen LogP contribution in [0.4, 0.5) is 0 Å². The van der Waals surface area contributed by atoms with Gasteiger partial charge in [-0.05, 0) is 92.7 Å². The Morgan fingerprint density at radius 3 is 1.91 bits per heavy atom. The molecule has 0 radical (unpaired) electrons. The molecule has 4 aliphatic rings. The summed E-state index contributed by atoms with van der Waals surface area (Å²) < 4.78 is 5.04. The molecule has 4 bridgehead atoms. The molecule has 8 nitrogen and oxygen atoms in total. The van der Waals surface area contributed by atoms with E-state index in [9.17, 15) is 24.3 Å². The van der Waals surface area contributed by atoms with Crippen LogP contribution in [0.15, 0.2) is 60.7 Å². The van der Waals surface area contributed by atoms with Crippen molar-refractivity contribution in [3.8, 4) is 0 Å². The van der Waals surface area contributed by atoms with Crippen molar-refractivity contribution in [2.75, 3.05) is 0 Å². The number of nitrogens with two attached hydrogens (primary N) is 1. The lowest BCUT2D eigenvalue weighted by atomic mass is 9.53. The van der Waals surface area contributed by atoms with Gasteiger partial charge in [-0.3, -0.25) is 14.4 Å². The van der Waals surface area contributed by atoms with E-state index in [1.165, 1.54) is 38.5 Å². The highest BCUT2D eigenvalue weighted by Crippen LogP contribution is 2.54. The van der Waals surface area contributed by atoms with Crippen LogP contribution in [0, 0.1) is 23.7 Å². The summed E-state index contributed by atoms with van der Waals surface area (Å²) in [6, 6.07) is 17.0. The summed E-state index contributed by atoms with van der Waals surface area (Å²) in [6.07, 6.45) is 7.37. The summed E-state index contributed by atoms with van der Waals surface area (Å²) in [5, 5.41) is 12.0. The number of rotatable bonds is 12. The first-order chi connectivity index (χ1) is 20.5. The molecule has 2 aromatic rings. The summed E-state index contributed by atoms with van der Waals surface area (Å²) in [5.74, 6) is 0.420. The number of nitrogens with one attached hydrogen (secondary N) is 1. The predicted molar refractivity (Wildman–Crippen MR) is 164 cm³/mol. The minimum absolute atomic E-state index is 0.0361. The van der Waals surface area contributed by atoms with E-state index in [-0.39, 0.29) is 43.3 Å². The van der Waals surface area contributed by atoms with Gasteiger partial charge in [0, 0.05) is 17.5 Å². The number of carbonyl (C=O) groups is 4. The Bertz CT molecular complexity index is 1210. The van der Waals surface area contributed by atoms with Crippen molar-refractivity contribution >= 4 is 23.6 Å². The SMILES string of the molecule is CC(C)C[C@H](OC(=O)CCC(=O)[C@H](Cc1ccccc1)NC(=O)c1ccccc1)C(=O)O.NC12CC3CC(CC(C3)C1)C2. The zero-order valence-corrected chi connectivity index (χ0v) is 25.4. The largest absolute Gasteiger partial charge is 0.479 e. The molecule has 6 rings (SSSR count). The molecule has 232 valence electrons. The van der Waals surface area contributed by atoms with Crippen LogP contribution in [0.2, 0.25) is 0 Å². The lowest BCUT2D eigenvalue weighted by Gasteiger charge is -2.55. The molecule has 0 aromatic heterocycles. The van der Waals surface area contributed by atoms with Crippen LogP contribution in [0.25, 0.3) is 0 Å². The summed E-state index contributed by atoms with van der Waals surface area (Å²) in [7, 11) is 0. The average Bonchev–Trinajstić information content (AvgIpc) is 2.95. The molecule has 4 aliphatic carbocycles. The molecule has 43 heavy (non-hydrogen) atoms. The number of carbonyl (C=O) groups excluding carboxylic acids is 3. The molecule has 4 fully saturated rings. The molecular weight excluding hydrogens is 544 g/mol. The van der Waals surface area contributed by atoms with E-state index in [1.54, 1.807) is 30.3 Å². The van der Waals surface area contributed by atoms with Crippen LogP contribution in [0.3, 0.4) is 0 Å². The van der Waals surface area contributed by atoms with E-state index in [0.717, 1.165) is 23.3 Å². The Balaban J connectivity index is 0.000000313. The van der Waals surface area contributed by atoms with Gasteiger partial charge in [-0.15, -0.1) is 0 Å². The summed E-state index contributed by atoms with van der Waals surface area (Å²) >= 11 is 0. The fourth-order valence-electron chi connectivity index (χ4n) is 7.35. The van der Waals surface area contributed by atoms with Crippen LogP contribution in [-0.4, -0.2) is 46.4 Å². The van der Waals surface area contributed by atoms with Crippen LogP contribution >= 0.6 is 0 Å². The Labute approximate surface area is 254 Å². The number of carboxylic acid groups (broad SMARTS) is 1. The number of amides is 1. The van der Waals surface area contributed by atoms with Crippen molar-refractivity contribution in [2.45, 2.75) is 95.7 Å². The van der Waals surface area contributed by atoms with Crippen LogP contribution in [-0.2, 0) is 25.5 Å². The monoisotopic (exact) mass is 590 g/mol. The second kappa shape index (κ2) is 14.8. The number of ether oxygens (including phenoxy) is 1. The molecule has 4 N–H and O–H groups in total. The molecule has 2 aromatic carbocycles. The van der Waals surface area contributed by atoms with E-state index in [2.05, 4.69) is 5.32 Å². The molecule has 4 saturated carbocycles. The maximum absolute atomic E-state index is 12.9. The zero-order chi connectivity index (χ0) is 31.0. The first kappa shape index (κ1) is 32.4. The number of hydrogen-bond acceptors (Lipinski definition) is 6. The van der Waals surface area contributed by atoms with Gasteiger partial charge < -0.3 is 20.9 Å². The van der Waals surface area contributed by atoms with Crippen molar-refractivity contribution < 1.29 is 29.0 Å². The number of carboxylic acids is 1. The van der Waals surface area contributed by atoms with Crippen molar-refractivity contribution in [1.29, 1.82) is 0 Å². The molecule has 0 heterocycles. The number of benzene rings is 2. The number of esters is 1. The summed E-state index contributed by atoms with van der Waals surface area (Å²) in [4.78, 5) is 48.9. The highest BCUT2D eigenvalue weighted by molar-refractivity contribution is 5.98. The van der Waals surface area contributed by atoms with Gasteiger partial charge in [0.15, 0.2) is 11.9 Å². The predicted octanol–water partition coefficient (Wildman–Crippen LogP) is 5.33. The summed E-state index contributed by atoms with van der Waals surface area (Å²) in [5.41, 5.74) is 7.91. The smallest absolute Gasteiger partial charge is 0.345 e. The number of ketones is 1. The topological polar surface area (TPSA) is 136 Å². The third-order valence-corrected chi connectivity index (χ3v) is 8.91. The fourth-order valence-corrected chi connectivity index (χ4v) is 7.35. The molecule has 1 amide bonds. The minimum Gasteiger partial charge on any atom is -0.479 e.